The molecule has 0 radical (unpaired) electrons. The van der Waals surface area contributed by atoms with E-state index in [0.29, 0.717) is 0 Å². The van der Waals surface area contributed by atoms with Crippen LogP contribution in [0.25, 0.3) is 0 Å². The van der Waals surface area contributed by atoms with Gasteiger partial charge in [-0.2, -0.15) is 0 Å². The molecule has 0 aliphatic rings. The van der Waals surface area contributed by atoms with E-state index in [4.69, 9.17) is 4.74 Å². The second kappa shape index (κ2) is 6.82. The van der Waals surface area contributed by atoms with Crippen molar-refractivity contribution < 1.29 is 4.74 Å². The summed E-state index contributed by atoms with van der Waals surface area (Å²) in [7, 11) is 0. The third kappa shape index (κ3) is 4.86. The van der Waals surface area contributed by atoms with Gasteiger partial charge in [0, 0.05) is 18.7 Å². The maximum Gasteiger partial charge on any atom is 0.119 e. The zero-order valence-corrected chi connectivity index (χ0v) is 14.7. The zero-order chi connectivity index (χ0) is 13.8. The van der Waals surface area contributed by atoms with Crippen molar-refractivity contribution in [3.8, 4) is 5.75 Å². The number of benzene rings is 2. The van der Waals surface area contributed by atoms with Gasteiger partial charge in [0.05, 0.1) is 6.10 Å². The van der Waals surface area contributed by atoms with Gasteiger partial charge in [-0.1, -0.05) is 43.6 Å². The quantitative estimate of drug-likeness (QED) is 0.607. The lowest BCUT2D eigenvalue weighted by atomic mass is 10.3. The second-order valence-electron chi connectivity index (χ2n) is 4.35. The maximum atomic E-state index is 5.63. The van der Waals surface area contributed by atoms with Crippen molar-refractivity contribution in [1.29, 1.82) is 0 Å². The van der Waals surface area contributed by atoms with Gasteiger partial charge in [-0.25, -0.2) is 0 Å². The van der Waals surface area contributed by atoms with Crippen LogP contribution < -0.4 is 4.74 Å². The van der Waals surface area contributed by atoms with Crippen LogP contribution in [0.5, 0.6) is 5.75 Å². The standard InChI is InChI=1S/C15H14Br2OS/c1-10(2)18-13-3-5-14(6-4-13)19-15-8-11(16)7-12(17)9-15/h3-10H,1-2H3. The highest BCUT2D eigenvalue weighted by atomic mass is 79.9. The molecule has 0 unspecified atom stereocenters. The highest BCUT2D eigenvalue weighted by Gasteiger charge is 2.02. The highest BCUT2D eigenvalue weighted by molar-refractivity contribution is 9.11. The first-order valence-electron chi connectivity index (χ1n) is 5.93. The molecule has 0 aromatic heterocycles. The highest BCUT2D eigenvalue weighted by Crippen LogP contribution is 2.33. The van der Waals surface area contributed by atoms with Crippen molar-refractivity contribution in [2.45, 2.75) is 29.7 Å². The van der Waals surface area contributed by atoms with Gasteiger partial charge in [-0.3, -0.25) is 0 Å². The summed E-state index contributed by atoms with van der Waals surface area (Å²) in [4.78, 5) is 2.39. The van der Waals surface area contributed by atoms with Crippen molar-refractivity contribution in [3.63, 3.8) is 0 Å². The molecule has 2 aromatic carbocycles. The monoisotopic (exact) mass is 400 g/mol. The first-order valence-corrected chi connectivity index (χ1v) is 8.34. The number of rotatable bonds is 4. The van der Waals surface area contributed by atoms with E-state index < -0.39 is 0 Å². The third-order valence-corrected chi connectivity index (χ3v) is 4.16. The average molecular weight is 402 g/mol. The predicted molar refractivity (Wildman–Crippen MR) is 88.2 cm³/mol. The summed E-state index contributed by atoms with van der Waals surface area (Å²) in [6.45, 7) is 4.06. The van der Waals surface area contributed by atoms with Crippen molar-refractivity contribution in [2.24, 2.45) is 0 Å². The molecule has 100 valence electrons. The Bertz CT molecular complexity index is 532. The molecule has 0 aliphatic heterocycles. The van der Waals surface area contributed by atoms with Crippen molar-refractivity contribution in [3.05, 3.63) is 51.4 Å². The first kappa shape index (κ1) is 14.9. The van der Waals surface area contributed by atoms with Crippen LogP contribution in [0.2, 0.25) is 0 Å². The Labute approximate surface area is 135 Å². The van der Waals surface area contributed by atoms with E-state index in [1.165, 1.54) is 9.79 Å². The van der Waals surface area contributed by atoms with Gasteiger partial charge in [0.15, 0.2) is 0 Å². The van der Waals surface area contributed by atoms with Crippen LogP contribution in [0.15, 0.2) is 61.2 Å². The van der Waals surface area contributed by atoms with Gasteiger partial charge in [0.1, 0.15) is 5.75 Å². The Hall–Kier alpha value is -0.450. The molecule has 0 amide bonds. The first-order chi connectivity index (χ1) is 9.02. The Morgan fingerprint density at radius 1 is 0.895 bits per heavy atom. The van der Waals surface area contributed by atoms with Crippen LogP contribution in [0.3, 0.4) is 0 Å². The van der Waals surface area contributed by atoms with E-state index in [-0.39, 0.29) is 6.10 Å². The summed E-state index contributed by atoms with van der Waals surface area (Å²) in [6.07, 6.45) is 0.208. The normalized spacial score (nSPS) is 10.8. The molecule has 2 rings (SSSR count). The minimum absolute atomic E-state index is 0.208. The second-order valence-corrected chi connectivity index (χ2v) is 7.32. The predicted octanol–water partition coefficient (Wildman–Crippen LogP) is 6.15. The molecule has 0 saturated carbocycles. The number of hydrogen-bond donors (Lipinski definition) is 0. The zero-order valence-electron chi connectivity index (χ0n) is 10.7. The van der Waals surface area contributed by atoms with Crippen LogP contribution >= 0.6 is 43.6 Å². The van der Waals surface area contributed by atoms with Crippen LogP contribution in [-0.4, -0.2) is 6.10 Å². The van der Waals surface area contributed by atoms with Gasteiger partial charge in [0.25, 0.3) is 0 Å². The molecular weight excluding hydrogens is 388 g/mol. The summed E-state index contributed by atoms with van der Waals surface area (Å²) in [5, 5.41) is 0. The van der Waals surface area contributed by atoms with Crippen LogP contribution in [0.4, 0.5) is 0 Å². The largest absolute Gasteiger partial charge is 0.491 e. The number of halogens is 2. The van der Waals surface area contributed by atoms with Crippen molar-refractivity contribution in [1.82, 2.24) is 0 Å². The lowest BCUT2D eigenvalue weighted by molar-refractivity contribution is 0.242. The number of ether oxygens (including phenoxy) is 1. The van der Waals surface area contributed by atoms with E-state index >= 15 is 0 Å². The molecule has 19 heavy (non-hydrogen) atoms. The molecule has 0 fully saturated rings. The lowest BCUT2D eigenvalue weighted by Gasteiger charge is -2.10. The van der Waals surface area contributed by atoms with E-state index in [1.807, 2.05) is 32.0 Å². The molecule has 0 N–H and O–H groups in total. The molecular formula is C15H14Br2OS. The molecule has 0 saturated heterocycles. The van der Waals surface area contributed by atoms with Gasteiger partial charge >= 0.3 is 0 Å². The van der Waals surface area contributed by atoms with Gasteiger partial charge in [0.2, 0.25) is 0 Å². The van der Waals surface area contributed by atoms with Crippen LogP contribution in [0, 0.1) is 0 Å². The summed E-state index contributed by atoms with van der Waals surface area (Å²) in [5.41, 5.74) is 0. The molecule has 0 heterocycles. The minimum atomic E-state index is 0.208. The topological polar surface area (TPSA) is 9.23 Å². The fourth-order valence-corrected chi connectivity index (χ4v) is 4.09. The van der Waals surface area contributed by atoms with E-state index in [0.717, 1.165) is 14.7 Å². The molecule has 0 aliphatic carbocycles. The van der Waals surface area contributed by atoms with Crippen molar-refractivity contribution >= 4 is 43.6 Å². The Morgan fingerprint density at radius 3 is 2.00 bits per heavy atom. The minimum Gasteiger partial charge on any atom is -0.491 e. The Kier molecular flexibility index (Phi) is 5.37. The SMILES string of the molecule is CC(C)Oc1ccc(Sc2cc(Br)cc(Br)c2)cc1. The molecule has 0 atom stereocenters. The van der Waals surface area contributed by atoms with Gasteiger partial charge < -0.3 is 4.74 Å². The molecule has 0 spiro atoms. The number of hydrogen-bond acceptors (Lipinski definition) is 2. The van der Waals surface area contributed by atoms with Crippen LogP contribution in [-0.2, 0) is 0 Å². The Morgan fingerprint density at radius 2 is 1.47 bits per heavy atom. The van der Waals surface area contributed by atoms with E-state index in [1.54, 1.807) is 11.8 Å². The third-order valence-electron chi connectivity index (χ3n) is 2.27. The fraction of sp³-hybridized carbons (Fsp3) is 0.200. The smallest absolute Gasteiger partial charge is 0.119 e. The van der Waals surface area contributed by atoms with Crippen molar-refractivity contribution in [2.75, 3.05) is 0 Å². The summed E-state index contributed by atoms with van der Waals surface area (Å²) < 4.78 is 7.78. The molecule has 4 heteroatoms. The van der Waals surface area contributed by atoms with Crippen LogP contribution in [0.1, 0.15) is 13.8 Å². The Balaban J connectivity index is 2.10. The summed E-state index contributed by atoms with van der Waals surface area (Å²) >= 11 is 8.73. The molecule has 1 nitrogen and oxygen atoms in total. The molecule has 0 bridgehead atoms. The average Bonchev–Trinajstić information content (AvgIpc) is 2.29. The van der Waals surface area contributed by atoms with E-state index in [9.17, 15) is 0 Å². The van der Waals surface area contributed by atoms with Gasteiger partial charge in [-0.15, -0.1) is 0 Å². The fourth-order valence-electron chi connectivity index (χ4n) is 1.58. The maximum absolute atomic E-state index is 5.63. The summed E-state index contributed by atoms with van der Waals surface area (Å²) in [5.74, 6) is 0.912. The lowest BCUT2D eigenvalue weighted by Crippen LogP contribution is -2.04. The van der Waals surface area contributed by atoms with Gasteiger partial charge in [-0.05, 0) is 56.3 Å². The molecule has 2 aromatic rings. The van der Waals surface area contributed by atoms with E-state index in [2.05, 4.69) is 56.1 Å². The summed E-state index contributed by atoms with van der Waals surface area (Å²) in [6, 6.07) is 14.4.